The first-order chi connectivity index (χ1) is 10.5. The number of phosphoric ester groups is 3. The number of phosphoric acid groups is 3. The number of aliphatic hydroxyl groups is 3. The van der Waals surface area contributed by atoms with Crippen molar-refractivity contribution < 1.29 is 249 Å². The second-order valence-corrected chi connectivity index (χ2v) is 7.84. The van der Waals surface area contributed by atoms with Crippen molar-refractivity contribution in [2.75, 3.05) is 0 Å². The Kier molecular flexibility index (Phi) is 33.1. The summed E-state index contributed by atoms with van der Waals surface area (Å²) in [6.07, 6.45) is -15.7. The molecule has 1 aliphatic rings. The summed E-state index contributed by atoms with van der Waals surface area (Å²) >= 11 is 0. The molecule has 0 heterocycles. The molecule has 3 N–H and O–H groups in total. The fourth-order valence-corrected chi connectivity index (χ4v) is 3.60. The maximum Gasteiger partial charge on any atom is 1.00 e. The Bertz CT molecular complexity index is 557. The molecule has 0 saturated heterocycles. The van der Waals surface area contributed by atoms with Crippen LogP contribution in [0.25, 0.3) is 0 Å². The van der Waals surface area contributed by atoms with Gasteiger partial charge in [0.2, 0.25) is 0 Å². The fraction of sp³-hybridized carbons (Fsp3) is 1.00. The zero-order chi connectivity index (χ0) is 19.1. The second-order valence-electron chi connectivity index (χ2n) is 4.52. The molecule has 6 atom stereocenters. The Morgan fingerprint density at radius 2 is 0.667 bits per heavy atom. The number of rotatable bonds is 6. The molecule has 30 heavy (non-hydrogen) atoms. The Morgan fingerprint density at radius 3 is 0.867 bits per heavy atom. The van der Waals surface area contributed by atoms with Crippen LogP contribution < -0.4 is 207 Å². The van der Waals surface area contributed by atoms with Crippen molar-refractivity contribution in [1.82, 2.24) is 0 Å². The molecule has 1 fully saturated rings. The predicted molar refractivity (Wildman–Crippen MR) is 55.5 cm³/mol. The summed E-state index contributed by atoms with van der Waals surface area (Å²) in [6.45, 7) is 0. The molecule has 1 aliphatic carbocycles. The van der Waals surface area contributed by atoms with Crippen LogP contribution in [0.4, 0.5) is 0 Å². The van der Waals surface area contributed by atoms with E-state index < -0.39 is 60.1 Å². The molecule has 0 radical (unpaired) electrons. The van der Waals surface area contributed by atoms with Gasteiger partial charge < -0.3 is 71.9 Å². The van der Waals surface area contributed by atoms with E-state index in [1.165, 1.54) is 0 Å². The minimum absolute atomic E-state index is 0. The minimum Gasteiger partial charge on any atom is -0.790 e. The van der Waals surface area contributed by atoms with Gasteiger partial charge in [0.25, 0.3) is 0 Å². The SMILES string of the molecule is O=P([O-])([O-])O[C@@H]1[C@@H](OP(=O)([O-])[O-])[C@H](O)[C@@H](O)[C@H](O)[C@@H]1OP(=O)([O-])[O-].[Na+].[Na+].[Na+].[Na+].[Na+].[Na+]. The van der Waals surface area contributed by atoms with E-state index in [-0.39, 0.29) is 177 Å². The fourth-order valence-electron chi connectivity index (χ4n) is 1.98. The monoisotopic (exact) mass is 552 g/mol. The van der Waals surface area contributed by atoms with E-state index in [9.17, 15) is 58.4 Å². The van der Waals surface area contributed by atoms with Gasteiger partial charge >= 0.3 is 177 Å². The molecule has 0 amide bonds. The Morgan fingerprint density at radius 1 is 0.467 bits per heavy atom. The van der Waals surface area contributed by atoms with Crippen LogP contribution in [-0.2, 0) is 27.3 Å². The van der Waals surface area contributed by atoms with E-state index in [0.29, 0.717) is 0 Å². The molecule has 0 aromatic carbocycles. The molecule has 0 unspecified atom stereocenters. The summed E-state index contributed by atoms with van der Waals surface area (Å²) < 4.78 is 43.2. The van der Waals surface area contributed by atoms with Gasteiger partial charge in [0, 0.05) is 0 Å². The summed E-state index contributed by atoms with van der Waals surface area (Å²) in [5, 5.41) is 28.6. The molecule has 0 bridgehead atoms. The molecule has 0 spiro atoms. The molecule has 144 valence electrons. The summed E-state index contributed by atoms with van der Waals surface area (Å²) in [4.78, 5) is 63.9. The maximum atomic E-state index is 10.7. The van der Waals surface area contributed by atoms with Crippen molar-refractivity contribution in [2.24, 2.45) is 0 Å². The first kappa shape index (κ1) is 49.2. The van der Waals surface area contributed by atoms with Crippen LogP contribution in [0.1, 0.15) is 0 Å². The van der Waals surface area contributed by atoms with Crippen molar-refractivity contribution in [1.29, 1.82) is 0 Å². The Labute approximate surface area is 303 Å². The third kappa shape index (κ3) is 18.5. The van der Waals surface area contributed by atoms with Crippen LogP contribution in [0, 0.1) is 0 Å². The van der Waals surface area contributed by atoms with Crippen molar-refractivity contribution in [3.63, 3.8) is 0 Å². The molecule has 0 aliphatic heterocycles. The quantitative estimate of drug-likeness (QED) is 0.204. The van der Waals surface area contributed by atoms with Crippen LogP contribution in [0.2, 0.25) is 0 Å². The predicted octanol–water partition coefficient (Wildman–Crippen LogP) is -25.3. The molecule has 0 aromatic heterocycles. The topological polar surface area (TPSA) is 278 Å². The smallest absolute Gasteiger partial charge is 0.790 e. The van der Waals surface area contributed by atoms with E-state index in [4.69, 9.17) is 0 Å². The zero-order valence-corrected chi connectivity index (χ0v) is 31.7. The Balaban J connectivity index is -0.000000240. The van der Waals surface area contributed by atoms with Crippen LogP contribution >= 0.6 is 23.5 Å². The summed E-state index contributed by atoms with van der Waals surface area (Å²) in [7, 11) is -18.1. The van der Waals surface area contributed by atoms with Crippen molar-refractivity contribution in [3.8, 4) is 0 Å². The summed E-state index contributed by atoms with van der Waals surface area (Å²) in [6, 6.07) is 0. The van der Waals surface area contributed by atoms with E-state index >= 15 is 0 Å². The minimum atomic E-state index is -6.06. The van der Waals surface area contributed by atoms with Gasteiger partial charge in [0.15, 0.2) is 0 Å². The summed E-state index contributed by atoms with van der Waals surface area (Å²) in [5.74, 6) is 0. The van der Waals surface area contributed by atoms with Gasteiger partial charge in [-0.1, -0.05) is 0 Å². The average Bonchev–Trinajstić information content (AvgIpc) is 2.32. The van der Waals surface area contributed by atoms with E-state index in [0.717, 1.165) is 0 Å². The number of hydrogen-bond donors (Lipinski definition) is 3. The largest absolute Gasteiger partial charge is 1.00 e. The van der Waals surface area contributed by atoms with Gasteiger partial charge in [0.05, 0.1) is 23.5 Å². The molecular weight excluding hydrogens is 543 g/mol. The van der Waals surface area contributed by atoms with Gasteiger partial charge in [-0.15, -0.1) is 0 Å². The van der Waals surface area contributed by atoms with Crippen LogP contribution in [-0.4, -0.2) is 51.9 Å². The van der Waals surface area contributed by atoms with Gasteiger partial charge in [-0.25, -0.2) is 0 Å². The standard InChI is InChI=1S/C6H15O15P3.6Na/c7-1-2(8)4(19-22(10,11)12)6(21-24(16,17)18)5(3(1)9)20-23(13,14)15;;;;;;/h1-9H,(H2,10,11,12)(H2,13,14,15)(H2,16,17,18);;;;;;/q;6*+1/p-6/t1-,2-,3+,4-,5-,6-;;;;;;/m0....../s1. The Hall–Kier alpha value is 6.21. The van der Waals surface area contributed by atoms with E-state index in [2.05, 4.69) is 13.6 Å². The summed E-state index contributed by atoms with van der Waals surface area (Å²) in [5.41, 5.74) is 0. The molecule has 15 nitrogen and oxygen atoms in total. The zero-order valence-electron chi connectivity index (χ0n) is 17.0. The first-order valence-corrected chi connectivity index (χ1v) is 10.1. The van der Waals surface area contributed by atoms with Gasteiger partial charge in [-0.05, 0) is 0 Å². The van der Waals surface area contributed by atoms with Crippen molar-refractivity contribution >= 4 is 23.5 Å². The van der Waals surface area contributed by atoms with Crippen molar-refractivity contribution in [2.45, 2.75) is 36.6 Å². The molecule has 1 saturated carbocycles. The number of aliphatic hydroxyl groups excluding tert-OH is 3. The average molecular weight is 552 g/mol. The maximum absolute atomic E-state index is 10.7. The van der Waals surface area contributed by atoms with Crippen LogP contribution in [0.3, 0.4) is 0 Å². The first-order valence-electron chi connectivity index (χ1n) is 5.67. The third-order valence-corrected chi connectivity index (χ3v) is 4.28. The van der Waals surface area contributed by atoms with E-state index in [1.807, 2.05) is 0 Å². The van der Waals surface area contributed by atoms with Crippen LogP contribution in [0.15, 0.2) is 0 Å². The second kappa shape index (κ2) is 20.2. The van der Waals surface area contributed by atoms with E-state index in [1.54, 1.807) is 0 Å². The van der Waals surface area contributed by atoms with Gasteiger partial charge in [-0.3, -0.25) is 0 Å². The van der Waals surface area contributed by atoms with Crippen LogP contribution in [0.5, 0.6) is 0 Å². The molecule has 0 aromatic rings. The number of hydrogen-bond acceptors (Lipinski definition) is 15. The van der Waals surface area contributed by atoms with Crippen molar-refractivity contribution in [3.05, 3.63) is 0 Å². The molecule has 1 rings (SSSR count). The van der Waals surface area contributed by atoms with Gasteiger partial charge in [-0.2, -0.15) is 0 Å². The molecular formula is C6H9Na6O15P3. The van der Waals surface area contributed by atoms with Gasteiger partial charge in [0.1, 0.15) is 36.6 Å². The third-order valence-electron chi connectivity index (χ3n) is 2.77. The molecule has 24 heteroatoms. The normalized spacial score (nSPS) is 28.7.